The van der Waals surface area contributed by atoms with Gasteiger partial charge in [0.2, 0.25) is 0 Å². The van der Waals surface area contributed by atoms with Crippen molar-refractivity contribution in [3.05, 3.63) is 99.9 Å². The Labute approximate surface area is 196 Å². The number of pyridine rings is 1. The fourth-order valence-corrected chi connectivity index (χ4v) is 4.29. The first-order valence-corrected chi connectivity index (χ1v) is 11.3. The van der Waals surface area contributed by atoms with E-state index < -0.39 is 0 Å². The lowest BCUT2D eigenvalue weighted by Gasteiger charge is -2.29. The Bertz CT molecular complexity index is 1420. The molecule has 1 N–H and O–H groups in total. The first-order chi connectivity index (χ1) is 16.6. The molecule has 9 heteroatoms. The molecule has 1 aromatic carbocycles. The summed E-state index contributed by atoms with van der Waals surface area (Å²) in [7, 11) is 0. The maximum atomic E-state index is 13.0. The summed E-state index contributed by atoms with van der Waals surface area (Å²) in [5.41, 5.74) is 2.50. The van der Waals surface area contributed by atoms with E-state index in [2.05, 4.69) is 32.3 Å². The van der Waals surface area contributed by atoms with E-state index in [9.17, 15) is 4.79 Å². The van der Waals surface area contributed by atoms with Crippen molar-refractivity contribution in [3.8, 4) is 0 Å². The van der Waals surface area contributed by atoms with Crippen molar-refractivity contribution in [2.75, 3.05) is 0 Å². The average molecular weight is 459 g/mol. The maximum absolute atomic E-state index is 13.0. The molecule has 0 aliphatic rings. The summed E-state index contributed by atoms with van der Waals surface area (Å²) in [5.74, 6) is 2.27. The van der Waals surface area contributed by atoms with E-state index in [4.69, 9.17) is 8.83 Å². The van der Waals surface area contributed by atoms with Gasteiger partial charge in [-0.05, 0) is 71.1 Å². The highest BCUT2D eigenvalue weighted by atomic mass is 16.3. The molecular formula is C25H26N6O3. The lowest BCUT2D eigenvalue weighted by atomic mass is 10.1. The molecule has 1 atom stereocenters. The number of H-pyrrole nitrogens is 1. The molecule has 34 heavy (non-hydrogen) atoms. The van der Waals surface area contributed by atoms with Crippen LogP contribution in [0.3, 0.4) is 0 Å². The third-order valence-electron chi connectivity index (χ3n) is 5.96. The number of tetrazole rings is 1. The van der Waals surface area contributed by atoms with Crippen LogP contribution in [0.1, 0.15) is 47.9 Å². The van der Waals surface area contributed by atoms with Gasteiger partial charge < -0.3 is 13.8 Å². The molecule has 0 aliphatic carbocycles. The molecule has 0 bridgehead atoms. The monoisotopic (exact) mass is 458 g/mol. The van der Waals surface area contributed by atoms with Gasteiger partial charge in [-0.3, -0.25) is 9.69 Å². The third-order valence-corrected chi connectivity index (χ3v) is 5.96. The number of aromatic nitrogens is 5. The Morgan fingerprint density at radius 1 is 1.06 bits per heavy atom. The van der Waals surface area contributed by atoms with Crippen molar-refractivity contribution in [3.63, 3.8) is 0 Å². The van der Waals surface area contributed by atoms with Gasteiger partial charge in [0.15, 0.2) is 5.82 Å². The molecule has 0 aliphatic heterocycles. The smallest absolute Gasteiger partial charge is 0.252 e. The Morgan fingerprint density at radius 3 is 2.59 bits per heavy atom. The summed E-state index contributed by atoms with van der Waals surface area (Å²) >= 11 is 0. The van der Waals surface area contributed by atoms with Crippen LogP contribution >= 0.6 is 0 Å². The normalized spacial score (nSPS) is 12.6. The zero-order valence-corrected chi connectivity index (χ0v) is 19.1. The van der Waals surface area contributed by atoms with Gasteiger partial charge in [0, 0.05) is 17.6 Å². The van der Waals surface area contributed by atoms with Gasteiger partial charge >= 0.3 is 0 Å². The summed E-state index contributed by atoms with van der Waals surface area (Å²) in [6, 6.07) is 15.4. The molecular weight excluding hydrogens is 432 g/mol. The average Bonchev–Trinajstić information content (AvgIpc) is 3.60. The molecule has 0 spiro atoms. The molecule has 0 saturated carbocycles. The van der Waals surface area contributed by atoms with Crippen LogP contribution in [0.25, 0.3) is 10.9 Å². The highest BCUT2D eigenvalue weighted by Gasteiger charge is 2.27. The van der Waals surface area contributed by atoms with Crippen LogP contribution in [0.4, 0.5) is 0 Å². The molecule has 0 saturated heterocycles. The van der Waals surface area contributed by atoms with Gasteiger partial charge in [-0.25, -0.2) is 4.68 Å². The number of hydrogen-bond donors (Lipinski definition) is 1. The van der Waals surface area contributed by atoms with Crippen molar-refractivity contribution < 1.29 is 8.83 Å². The first kappa shape index (κ1) is 21.8. The van der Waals surface area contributed by atoms with Crippen molar-refractivity contribution in [1.29, 1.82) is 0 Å². The van der Waals surface area contributed by atoms with Gasteiger partial charge in [-0.1, -0.05) is 19.1 Å². The minimum absolute atomic E-state index is 0.104. The Morgan fingerprint density at radius 2 is 1.85 bits per heavy atom. The second-order valence-corrected chi connectivity index (χ2v) is 8.40. The summed E-state index contributed by atoms with van der Waals surface area (Å²) in [4.78, 5) is 18.2. The van der Waals surface area contributed by atoms with Gasteiger partial charge in [0.05, 0.1) is 25.1 Å². The van der Waals surface area contributed by atoms with Crippen LogP contribution in [-0.4, -0.2) is 30.1 Å². The zero-order valence-electron chi connectivity index (χ0n) is 19.1. The number of furan rings is 2. The van der Waals surface area contributed by atoms with Gasteiger partial charge in [-0.15, -0.1) is 5.10 Å². The molecule has 0 amide bonds. The highest BCUT2D eigenvalue weighted by molar-refractivity contribution is 5.79. The fraction of sp³-hybridized carbons (Fsp3) is 0.280. The molecule has 0 radical (unpaired) electrons. The van der Waals surface area contributed by atoms with Gasteiger partial charge in [0.25, 0.3) is 5.56 Å². The van der Waals surface area contributed by atoms with Crippen LogP contribution in [0.5, 0.6) is 0 Å². The van der Waals surface area contributed by atoms with Gasteiger partial charge in [0.1, 0.15) is 18.1 Å². The zero-order chi connectivity index (χ0) is 23.5. The van der Waals surface area contributed by atoms with Crippen LogP contribution in [0.2, 0.25) is 0 Å². The summed E-state index contributed by atoms with van der Waals surface area (Å²) in [6.45, 7) is 5.43. The van der Waals surface area contributed by atoms with E-state index in [1.54, 1.807) is 17.2 Å². The number of fused-ring (bicyclic) bond motifs is 1. The largest absolute Gasteiger partial charge is 0.468 e. The lowest BCUT2D eigenvalue weighted by molar-refractivity contribution is 0.149. The second-order valence-electron chi connectivity index (χ2n) is 8.40. The Balaban J connectivity index is 1.50. The molecule has 5 rings (SSSR count). The van der Waals surface area contributed by atoms with E-state index >= 15 is 0 Å². The number of nitrogens with zero attached hydrogens (tertiary/aromatic N) is 5. The topological polar surface area (TPSA) is 106 Å². The maximum Gasteiger partial charge on any atom is 0.252 e. The number of hydrogen-bond acceptors (Lipinski definition) is 7. The number of benzene rings is 1. The Hall–Kier alpha value is -3.98. The van der Waals surface area contributed by atoms with E-state index in [1.165, 1.54) is 0 Å². The van der Waals surface area contributed by atoms with Crippen LogP contribution in [0, 0.1) is 6.92 Å². The van der Waals surface area contributed by atoms with Crippen molar-refractivity contribution in [1.82, 2.24) is 30.1 Å². The molecule has 9 nitrogen and oxygen atoms in total. The van der Waals surface area contributed by atoms with Crippen LogP contribution in [0.15, 0.2) is 74.7 Å². The number of rotatable bonds is 9. The number of aryl methyl sites for hydroxylation is 1. The minimum Gasteiger partial charge on any atom is -0.468 e. The van der Waals surface area contributed by atoms with Gasteiger partial charge in [-0.2, -0.15) is 0 Å². The minimum atomic E-state index is -0.150. The predicted molar refractivity (Wildman–Crippen MR) is 126 cm³/mol. The summed E-state index contributed by atoms with van der Waals surface area (Å²) < 4.78 is 12.9. The van der Waals surface area contributed by atoms with E-state index in [1.807, 2.05) is 55.5 Å². The van der Waals surface area contributed by atoms with Crippen LogP contribution < -0.4 is 5.56 Å². The highest BCUT2D eigenvalue weighted by Crippen LogP contribution is 2.27. The van der Waals surface area contributed by atoms with Crippen molar-refractivity contribution in [2.24, 2.45) is 0 Å². The molecule has 4 aromatic heterocycles. The number of aromatic amines is 1. The predicted octanol–water partition coefficient (Wildman–Crippen LogP) is 4.21. The standard InChI is InChI=1S/C25H26N6O3/c1-3-23(24-27-28-29-31(24)16-21-7-5-11-34-21)30(15-20-6-4-10-33-20)14-19-13-18-9-8-17(2)12-22(18)26-25(19)32/h4-13,23H,3,14-16H2,1-2H3,(H,26,32)/t23-/m1/s1. The van der Waals surface area contributed by atoms with E-state index in [0.717, 1.165) is 34.4 Å². The fourth-order valence-electron chi connectivity index (χ4n) is 4.29. The SMILES string of the molecule is CC[C@H](c1nnnn1Cc1ccco1)N(Cc1ccco1)Cc1cc2ccc(C)cc2[nH]c1=O. The Kier molecular flexibility index (Phi) is 6.09. The lowest BCUT2D eigenvalue weighted by Crippen LogP contribution is -2.32. The first-order valence-electron chi connectivity index (χ1n) is 11.3. The molecule has 174 valence electrons. The van der Waals surface area contributed by atoms with E-state index in [0.29, 0.717) is 31.0 Å². The number of nitrogens with one attached hydrogen (secondary N) is 1. The van der Waals surface area contributed by atoms with Crippen LogP contribution in [-0.2, 0) is 19.6 Å². The van der Waals surface area contributed by atoms with Crippen molar-refractivity contribution in [2.45, 2.75) is 45.9 Å². The molecule has 5 aromatic rings. The molecule has 4 heterocycles. The summed E-state index contributed by atoms with van der Waals surface area (Å²) in [6.07, 6.45) is 4.03. The third kappa shape index (κ3) is 4.55. The quantitative estimate of drug-likeness (QED) is 0.353. The summed E-state index contributed by atoms with van der Waals surface area (Å²) in [5, 5.41) is 13.5. The molecule has 0 unspecified atom stereocenters. The second kappa shape index (κ2) is 9.48. The van der Waals surface area contributed by atoms with E-state index in [-0.39, 0.29) is 11.6 Å². The van der Waals surface area contributed by atoms with Crippen molar-refractivity contribution >= 4 is 10.9 Å². The molecule has 0 fully saturated rings.